The molecule has 142 valence electrons. The van der Waals surface area contributed by atoms with E-state index in [9.17, 15) is 22.1 Å². The first-order valence-corrected chi connectivity index (χ1v) is 11.9. The molecule has 3 rings (SSSR count). The third kappa shape index (κ3) is 3.51. The van der Waals surface area contributed by atoms with Gasteiger partial charge < -0.3 is 0 Å². The summed E-state index contributed by atoms with van der Waals surface area (Å²) in [6.45, 7) is 5.57. The zero-order valence-electron chi connectivity index (χ0n) is 14.9. The van der Waals surface area contributed by atoms with Gasteiger partial charge >= 0.3 is 0 Å². The fraction of sp³-hybridized carbons (Fsp3) is 0.588. The average molecular weight is 398 g/mol. The SMILES string of the molecule is CC(C)CN1CCN(S(=O)(=O)c2ccccc2C#N)[C@@H]2CS(=O)(=O)C[C@@H]21. The highest BCUT2D eigenvalue weighted by Gasteiger charge is 2.50. The van der Waals surface area contributed by atoms with Crippen molar-refractivity contribution in [3.05, 3.63) is 29.8 Å². The van der Waals surface area contributed by atoms with E-state index in [1.807, 2.05) is 6.07 Å². The normalized spacial score (nSPS) is 26.5. The summed E-state index contributed by atoms with van der Waals surface area (Å²) in [7, 11) is -7.24. The Labute approximate surface area is 155 Å². The molecule has 1 aromatic carbocycles. The molecule has 0 aliphatic carbocycles. The molecule has 2 atom stereocenters. The molecule has 1 aromatic rings. The van der Waals surface area contributed by atoms with Crippen LogP contribution in [0.5, 0.6) is 0 Å². The first-order valence-electron chi connectivity index (χ1n) is 8.61. The number of fused-ring (bicyclic) bond motifs is 1. The maximum absolute atomic E-state index is 13.2. The zero-order valence-corrected chi connectivity index (χ0v) is 16.5. The topological polar surface area (TPSA) is 98.5 Å². The Morgan fingerprint density at radius 3 is 2.50 bits per heavy atom. The minimum Gasteiger partial charge on any atom is -0.296 e. The monoisotopic (exact) mass is 397 g/mol. The number of hydrogen-bond donors (Lipinski definition) is 0. The van der Waals surface area contributed by atoms with Gasteiger partial charge in [-0.3, -0.25) is 4.90 Å². The van der Waals surface area contributed by atoms with Gasteiger partial charge in [-0.25, -0.2) is 16.8 Å². The van der Waals surface area contributed by atoms with Crippen molar-refractivity contribution in [1.82, 2.24) is 9.21 Å². The predicted molar refractivity (Wildman–Crippen MR) is 97.7 cm³/mol. The van der Waals surface area contributed by atoms with Crippen molar-refractivity contribution in [3.63, 3.8) is 0 Å². The van der Waals surface area contributed by atoms with Gasteiger partial charge in [0, 0.05) is 25.7 Å². The third-order valence-electron chi connectivity index (χ3n) is 4.93. The molecule has 2 saturated heterocycles. The summed E-state index contributed by atoms with van der Waals surface area (Å²) in [5.74, 6) is 0.178. The van der Waals surface area contributed by atoms with Crippen LogP contribution >= 0.6 is 0 Å². The number of benzene rings is 1. The standard InChI is InChI=1S/C17H23N3O4S2/c1-13(2)10-19-7-8-20(16-12-25(21,22)11-15(16)19)26(23,24)17-6-4-3-5-14(17)9-18/h3-6,13,15-16H,7-8,10-12H2,1-2H3/t15-,16+/m0/s1. The first kappa shape index (κ1) is 19.3. The minimum atomic E-state index is -3.94. The fourth-order valence-corrected chi connectivity index (χ4v) is 7.79. The van der Waals surface area contributed by atoms with Gasteiger partial charge in [-0.15, -0.1) is 0 Å². The molecule has 0 radical (unpaired) electrons. The van der Waals surface area contributed by atoms with E-state index in [4.69, 9.17) is 0 Å². The molecule has 26 heavy (non-hydrogen) atoms. The van der Waals surface area contributed by atoms with Crippen molar-refractivity contribution >= 4 is 19.9 Å². The Hall–Kier alpha value is -1.47. The van der Waals surface area contributed by atoms with Gasteiger partial charge in [-0.05, 0) is 18.1 Å². The number of rotatable bonds is 4. The van der Waals surface area contributed by atoms with Crippen molar-refractivity contribution in [2.45, 2.75) is 30.8 Å². The van der Waals surface area contributed by atoms with Gasteiger partial charge in [0.2, 0.25) is 10.0 Å². The molecule has 0 unspecified atom stereocenters. The van der Waals surface area contributed by atoms with Crippen LogP contribution in [0.25, 0.3) is 0 Å². The number of piperazine rings is 1. The molecule has 0 spiro atoms. The lowest BCUT2D eigenvalue weighted by Gasteiger charge is -2.43. The molecule has 0 aromatic heterocycles. The van der Waals surface area contributed by atoms with Crippen LogP contribution in [0.4, 0.5) is 0 Å². The number of sulfonamides is 1. The Kier molecular flexibility index (Phi) is 5.14. The van der Waals surface area contributed by atoms with Crippen molar-refractivity contribution in [1.29, 1.82) is 5.26 Å². The van der Waals surface area contributed by atoms with Crippen LogP contribution in [0.2, 0.25) is 0 Å². The largest absolute Gasteiger partial charge is 0.296 e. The second-order valence-corrected chi connectivity index (χ2v) is 11.3. The highest BCUT2D eigenvalue weighted by molar-refractivity contribution is 7.92. The van der Waals surface area contributed by atoms with Gasteiger partial charge in [0.25, 0.3) is 0 Å². The van der Waals surface area contributed by atoms with Crippen molar-refractivity contribution in [3.8, 4) is 6.07 Å². The van der Waals surface area contributed by atoms with E-state index in [0.717, 1.165) is 6.54 Å². The van der Waals surface area contributed by atoms with Crippen LogP contribution in [0.3, 0.4) is 0 Å². The lowest BCUT2D eigenvalue weighted by atomic mass is 10.1. The van der Waals surface area contributed by atoms with Gasteiger partial charge in [-0.1, -0.05) is 26.0 Å². The van der Waals surface area contributed by atoms with Crippen molar-refractivity contribution in [2.75, 3.05) is 31.1 Å². The Balaban J connectivity index is 2.00. The second kappa shape index (κ2) is 6.93. The highest BCUT2D eigenvalue weighted by Crippen LogP contribution is 2.32. The van der Waals surface area contributed by atoms with Crippen molar-refractivity contribution in [2.24, 2.45) is 5.92 Å². The third-order valence-corrected chi connectivity index (χ3v) is 8.62. The number of nitriles is 1. The molecule has 0 saturated carbocycles. The quantitative estimate of drug-likeness (QED) is 0.741. The maximum atomic E-state index is 13.2. The molecule has 2 heterocycles. The maximum Gasteiger partial charge on any atom is 0.244 e. The summed E-state index contributed by atoms with van der Waals surface area (Å²) in [6.07, 6.45) is 0. The van der Waals surface area contributed by atoms with E-state index >= 15 is 0 Å². The van der Waals surface area contributed by atoms with Crippen LogP contribution in [-0.2, 0) is 19.9 Å². The molecular weight excluding hydrogens is 374 g/mol. The van der Waals surface area contributed by atoms with E-state index in [-0.39, 0.29) is 34.6 Å². The summed E-state index contributed by atoms with van der Waals surface area (Å²) >= 11 is 0. The molecule has 0 bridgehead atoms. The molecule has 2 fully saturated rings. The van der Waals surface area contributed by atoms with E-state index in [0.29, 0.717) is 12.5 Å². The van der Waals surface area contributed by atoms with Gasteiger partial charge in [0.15, 0.2) is 9.84 Å². The molecule has 2 aliphatic heterocycles. The lowest BCUT2D eigenvalue weighted by molar-refractivity contribution is 0.0850. The number of nitrogens with zero attached hydrogens (tertiary/aromatic N) is 3. The molecule has 2 aliphatic rings. The van der Waals surface area contributed by atoms with E-state index in [2.05, 4.69) is 18.7 Å². The Morgan fingerprint density at radius 1 is 1.19 bits per heavy atom. The zero-order chi connectivity index (χ0) is 19.1. The van der Waals surface area contributed by atoms with Gasteiger partial charge in [0.05, 0.1) is 28.0 Å². The van der Waals surface area contributed by atoms with Gasteiger partial charge in [-0.2, -0.15) is 9.57 Å². The average Bonchev–Trinajstić information content (AvgIpc) is 2.89. The summed E-state index contributed by atoms with van der Waals surface area (Å²) in [5.41, 5.74) is 0.0783. The molecular formula is C17H23N3O4S2. The Bertz CT molecular complexity index is 935. The van der Waals surface area contributed by atoms with Crippen LogP contribution < -0.4 is 0 Å². The summed E-state index contributed by atoms with van der Waals surface area (Å²) in [4.78, 5) is 2.05. The van der Waals surface area contributed by atoms with E-state index in [1.165, 1.54) is 16.4 Å². The summed E-state index contributed by atoms with van der Waals surface area (Å²) < 4.78 is 52.2. The van der Waals surface area contributed by atoms with Gasteiger partial charge in [0.1, 0.15) is 6.07 Å². The number of sulfone groups is 1. The van der Waals surface area contributed by atoms with Crippen LogP contribution in [-0.4, -0.2) is 69.3 Å². The predicted octanol–water partition coefficient (Wildman–Crippen LogP) is 0.686. The molecule has 7 nitrogen and oxygen atoms in total. The Morgan fingerprint density at radius 2 is 1.85 bits per heavy atom. The summed E-state index contributed by atoms with van der Waals surface area (Å²) in [5, 5.41) is 9.25. The fourth-order valence-electron chi connectivity index (χ4n) is 3.90. The number of hydrogen-bond acceptors (Lipinski definition) is 6. The highest BCUT2D eigenvalue weighted by atomic mass is 32.2. The molecule has 9 heteroatoms. The lowest BCUT2D eigenvalue weighted by Crippen LogP contribution is -2.61. The van der Waals surface area contributed by atoms with Crippen LogP contribution in [0.15, 0.2) is 29.2 Å². The second-order valence-electron chi connectivity index (χ2n) is 7.32. The first-order chi connectivity index (χ1) is 12.2. The van der Waals surface area contributed by atoms with Crippen LogP contribution in [0, 0.1) is 17.2 Å². The minimum absolute atomic E-state index is 0.0176. The van der Waals surface area contributed by atoms with Crippen molar-refractivity contribution < 1.29 is 16.8 Å². The summed E-state index contributed by atoms with van der Waals surface area (Å²) in [6, 6.07) is 7.04. The molecule has 0 N–H and O–H groups in total. The van der Waals surface area contributed by atoms with E-state index < -0.39 is 25.9 Å². The smallest absolute Gasteiger partial charge is 0.244 e. The van der Waals surface area contributed by atoms with Crippen LogP contribution in [0.1, 0.15) is 19.4 Å². The molecule has 0 amide bonds. The van der Waals surface area contributed by atoms with E-state index in [1.54, 1.807) is 12.1 Å².